The van der Waals surface area contributed by atoms with Crippen molar-refractivity contribution < 1.29 is 5.11 Å². The molecule has 2 atom stereocenters. The molecule has 0 aliphatic rings. The first-order valence-electron chi connectivity index (χ1n) is 5.30. The monoisotopic (exact) mass is 237 g/mol. The summed E-state index contributed by atoms with van der Waals surface area (Å²) in [6.07, 6.45) is -0.212. The molecule has 0 aliphatic heterocycles. The van der Waals surface area contributed by atoms with E-state index in [1.807, 2.05) is 26.0 Å². The molecule has 2 nitrogen and oxygen atoms in total. The zero-order chi connectivity index (χ0) is 12.3. The maximum atomic E-state index is 10.2. The standard InChI is InChI=1S/C13H16ClNO/c1-4-13(3,8-15)12(16)10-6-5-9(2)11(14)7-10/h5-7,12,16H,4H2,1-3H3. The number of nitrogens with zero attached hydrogens (tertiary/aromatic N) is 1. The second-order valence-corrected chi connectivity index (χ2v) is 4.70. The zero-order valence-corrected chi connectivity index (χ0v) is 10.5. The lowest BCUT2D eigenvalue weighted by Gasteiger charge is -2.26. The van der Waals surface area contributed by atoms with Gasteiger partial charge in [0, 0.05) is 5.02 Å². The van der Waals surface area contributed by atoms with Crippen LogP contribution in [0, 0.1) is 23.7 Å². The second-order valence-electron chi connectivity index (χ2n) is 4.29. The van der Waals surface area contributed by atoms with Crippen LogP contribution in [-0.2, 0) is 0 Å². The average molecular weight is 238 g/mol. The van der Waals surface area contributed by atoms with Crippen molar-refractivity contribution in [1.82, 2.24) is 0 Å². The summed E-state index contributed by atoms with van der Waals surface area (Å²) in [6.45, 7) is 5.55. The summed E-state index contributed by atoms with van der Waals surface area (Å²) in [4.78, 5) is 0. The lowest BCUT2D eigenvalue weighted by molar-refractivity contribution is 0.0722. The van der Waals surface area contributed by atoms with Crippen molar-refractivity contribution >= 4 is 11.6 Å². The molecule has 0 aliphatic carbocycles. The minimum absolute atomic E-state index is 0.593. The predicted octanol–water partition coefficient (Wildman–Crippen LogP) is 3.62. The molecule has 0 fully saturated rings. The van der Waals surface area contributed by atoms with Crippen LogP contribution in [0.3, 0.4) is 0 Å². The van der Waals surface area contributed by atoms with E-state index in [1.54, 1.807) is 13.0 Å². The number of halogens is 1. The average Bonchev–Trinajstić information content (AvgIpc) is 2.30. The molecular weight excluding hydrogens is 222 g/mol. The summed E-state index contributed by atoms with van der Waals surface area (Å²) in [5, 5.41) is 19.9. The molecule has 0 heterocycles. The van der Waals surface area contributed by atoms with Crippen molar-refractivity contribution in [1.29, 1.82) is 5.26 Å². The van der Waals surface area contributed by atoms with Gasteiger partial charge in [0.1, 0.15) is 0 Å². The van der Waals surface area contributed by atoms with Crippen LogP contribution < -0.4 is 0 Å². The first kappa shape index (κ1) is 13.0. The van der Waals surface area contributed by atoms with Crippen LogP contribution in [-0.4, -0.2) is 5.11 Å². The third-order valence-electron chi connectivity index (χ3n) is 3.10. The van der Waals surface area contributed by atoms with E-state index in [2.05, 4.69) is 6.07 Å². The third kappa shape index (κ3) is 2.37. The Morgan fingerprint density at radius 3 is 2.62 bits per heavy atom. The quantitative estimate of drug-likeness (QED) is 0.873. The van der Waals surface area contributed by atoms with E-state index in [4.69, 9.17) is 16.9 Å². The predicted molar refractivity (Wildman–Crippen MR) is 65.2 cm³/mol. The number of benzene rings is 1. The maximum Gasteiger partial charge on any atom is 0.0973 e. The van der Waals surface area contributed by atoms with Gasteiger partial charge in [-0.25, -0.2) is 0 Å². The molecule has 0 radical (unpaired) electrons. The topological polar surface area (TPSA) is 44.0 Å². The Labute approximate surface area is 101 Å². The number of aryl methyl sites for hydroxylation is 1. The molecule has 16 heavy (non-hydrogen) atoms. The van der Waals surface area contributed by atoms with Crippen molar-refractivity contribution in [2.24, 2.45) is 5.41 Å². The first-order valence-corrected chi connectivity index (χ1v) is 5.67. The second kappa shape index (κ2) is 4.86. The van der Waals surface area contributed by atoms with Gasteiger partial charge >= 0.3 is 0 Å². The Balaban J connectivity index is 3.10. The largest absolute Gasteiger partial charge is 0.387 e. The lowest BCUT2D eigenvalue weighted by atomic mass is 9.80. The van der Waals surface area contributed by atoms with Gasteiger partial charge in [-0.15, -0.1) is 0 Å². The molecule has 0 saturated heterocycles. The fraction of sp³-hybridized carbons (Fsp3) is 0.462. The minimum atomic E-state index is -0.805. The normalized spacial score (nSPS) is 16.2. The molecule has 0 saturated carbocycles. The molecule has 0 aromatic heterocycles. The Morgan fingerprint density at radius 2 is 2.19 bits per heavy atom. The van der Waals surface area contributed by atoms with Crippen LogP contribution >= 0.6 is 11.6 Å². The van der Waals surface area contributed by atoms with Gasteiger partial charge in [0.15, 0.2) is 0 Å². The zero-order valence-electron chi connectivity index (χ0n) is 9.79. The van der Waals surface area contributed by atoms with Crippen LogP contribution in [0.25, 0.3) is 0 Å². The highest BCUT2D eigenvalue weighted by molar-refractivity contribution is 6.31. The van der Waals surface area contributed by atoms with Crippen molar-refractivity contribution in [3.05, 3.63) is 34.3 Å². The van der Waals surface area contributed by atoms with Crippen LogP contribution in [0.15, 0.2) is 18.2 Å². The number of aliphatic hydroxyl groups is 1. The summed E-state index contributed by atoms with van der Waals surface area (Å²) in [7, 11) is 0. The molecule has 86 valence electrons. The Morgan fingerprint density at radius 1 is 1.56 bits per heavy atom. The number of nitriles is 1. The van der Waals surface area contributed by atoms with Gasteiger partial charge in [-0.1, -0.05) is 30.7 Å². The van der Waals surface area contributed by atoms with Crippen LogP contribution in [0.1, 0.15) is 37.5 Å². The lowest BCUT2D eigenvalue weighted by Crippen LogP contribution is -2.22. The van der Waals surface area contributed by atoms with Crippen molar-refractivity contribution in [3.63, 3.8) is 0 Å². The highest BCUT2D eigenvalue weighted by atomic mass is 35.5. The maximum absolute atomic E-state index is 10.2. The van der Waals surface area contributed by atoms with E-state index < -0.39 is 11.5 Å². The van der Waals surface area contributed by atoms with Gasteiger partial charge in [-0.2, -0.15) is 5.26 Å². The van der Waals surface area contributed by atoms with E-state index in [0.717, 1.165) is 5.56 Å². The van der Waals surface area contributed by atoms with Gasteiger partial charge in [-0.05, 0) is 37.5 Å². The third-order valence-corrected chi connectivity index (χ3v) is 3.51. The summed E-state index contributed by atoms with van der Waals surface area (Å²) in [5.41, 5.74) is 0.896. The highest BCUT2D eigenvalue weighted by Crippen LogP contribution is 2.37. The Bertz CT molecular complexity index is 424. The van der Waals surface area contributed by atoms with Gasteiger partial charge < -0.3 is 5.11 Å². The van der Waals surface area contributed by atoms with Crippen LogP contribution in [0.2, 0.25) is 5.02 Å². The first-order chi connectivity index (χ1) is 7.44. The summed E-state index contributed by atoms with van der Waals surface area (Å²) in [6, 6.07) is 7.57. The van der Waals surface area contributed by atoms with Crippen LogP contribution in [0.5, 0.6) is 0 Å². The van der Waals surface area contributed by atoms with Gasteiger partial charge in [0.25, 0.3) is 0 Å². The number of hydrogen-bond acceptors (Lipinski definition) is 2. The number of hydrogen-bond donors (Lipinski definition) is 1. The van der Waals surface area contributed by atoms with Gasteiger partial charge in [0.2, 0.25) is 0 Å². The molecule has 0 amide bonds. The SMILES string of the molecule is CCC(C)(C#N)C(O)c1ccc(C)c(Cl)c1. The van der Waals surface area contributed by atoms with E-state index in [9.17, 15) is 5.11 Å². The molecule has 2 unspecified atom stereocenters. The van der Waals surface area contributed by atoms with Crippen molar-refractivity contribution in [2.45, 2.75) is 33.3 Å². The molecular formula is C13H16ClNO. The van der Waals surface area contributed by atoms with Crippen LogP contribution in [0.4, 0.5) is 0 Å². The number of aliphatic hydroxyl groups excluding tert-OH is 1. The summed E-state index contributed by atoms with van der Waals surface area (Å²) in [5.74, 6) is 0. The molecule has 1 N–H and O–H groups in total. The summed E-state index contributed by atoms with van der Waals surface area (Å²) >= 11 is 6.00. The Kier molecular flexibility index (Phi) is 3.96. The van der Waals surface area contributed by atoms with E-state index >= 15 is 0 Å². The molecule has 1 aromatic rings. The highest BCUT2D eigenvalue weighted by Gasteiger charge is 2.32. The van der Waals surface area contributed by atoms with Crippen molar-refractivity contribution in [3.8, 4) is 6.07 Å². The molecule has 1 rings (SSSR count). The van der Waals surface area contributed by atoms with E-state index in [0.29, 0.717) is 17.0 Å². The molecule has 1 aromatic carbocycles. The smallest absolute Gasteiger partial charge is 0.0973 e. The fourth-order valence-electron chi connectivity index (χ4n) is 1.48. The van der Waals surface area contributed by atoms with E-state index in [1.165, 1.54) is 0 Å². The summed E-state index contributed by atoms with van der Waals surface area (Å²) < 4.78 is 0. The molecule has 3 heteroatoms. The van der Waals surface area contributed by atoms with Gasteiger partial charge in [-0.3, -0.25) is 0 Å². The Hall–Kier alpha value is -1.04. The number of rotatable bonds is 3. The molecule has 0 bridgehead atoms. The van der Waals surface area contributed by atoms with Crippen molar-refractivity contribution in [2.75, 3.05) is 0 Å². The minimum Gasteiger partial charge on any atom is -0.387 e. The van der Waals surface area contributed by atoms with Gasteiger partial charge in [0.05, 0.1) is 17.6 Å². The fourth-order valence-corrected chi connectivity index (χ4v) is 1.67. The van der Waals surface area contributed by atoms with E-state index in [-0.39, 0.29) is 0 Å². The molecule has 0 spiro atoms.